The molecule has 1 saturated heterocycles. The van der Waals surface area contributed by atoms with Crippen LogP contribution in [0.2, 0.25) is 0 Å². The first-order valence-corrected chi connectivity index (χ1v) is 6.93. The highest BCUT2D eigenvalue weighted by Crippen LogP contribution is 2.22. The van der Waals surface area contributed by atoms with E-state index in [0.29, 0.717) is 31.5 Å². The maximum atomic E-state index is 11.9. The zero-order valence-electron chi connectivity index (χ0n) is 11.9. The molecule has 0 aromatic rings. The smallest absolute Gasteiger partial charge is 0.223 e. The van der Waals surface area contributed by atoms with Gasteiger partial charge in [-0.05, 0) is 26.7 Å². The van der Waals surface area contributed by atoms with Crippen LogP contribution in [-0.4, -0.2) is 47.9 Å². The fourth-order valence-electron chi connectivity index (χ4n) is 2.67. The molecular weight excluding hydrogens is 226 g/mol. The Labute approximate surface area is 111 Å². The van der Waals surface area contributed by atoms with Crippen LogP contribution in [0.4, 0.5) is 0 Å². The molecule has 0 radical (unpaired) electrons. The van der Waals surface area contributed by atoms with Gasteiger partial charge in [0.1, 0.15) is 0 Å². The molecule has 102 valence electrons. The van der Waals surface area contributed by atoms with Crippen LogP contribution in [0.3, 0.4) is 0 Å². The first-order chi connectivity index (χ1) is 8.56. The normalized spacial score (nSPS) is 24.6. The summed E-state index contributed by atoms with van der Waals surface area (Å²) in [5.41, 5.74) is 0. The van der Waals surface area contributed by atoms with Gasteiger partial charge < -0.3 is 4.90 Å². The topological polar surface area (TPSA) is 47.3 Å². The van der Waals surface area contributed by atoms with E-state index in [4.69, 9.17) is 5.26 Å². The molecule has 2 atom stereocenters. The second-order valence-electron chi connectivity index (χ2n) is 5.34. The van der Waals surface area contributed by atoms with Crippen LogP contribution in [0.25, 0.3) is 0 Å². The molecule has 4 nitrogen and oxygen atoms in total. The Balaban J connectivity index is 2.34. The van der Waals surface area contributed by atoms with Gasteiger partial charge in [0.15, 0.2) is 0 Å². The Morgan fingerprint density at radius 1 is 1.39 bits per heavy atom. The van der Waals surface area contributed by atoms with Crippen LogP contribution in [0.1, 0.15) is 46.0 Å². The van der Waals surface area contributed by atoms with Gasteiger partial charge >= 0.3 is 0 Å². The molecule has 1 heterocycles. The van der Waals surface area contributed by atoms with Gasteiger partial charge in [0.25, 0.3) is 0 Å². The number of hydrogen-bond donors (Lipinski definition) is 0. The predicted octanol–water partition coefficient (Wildman–Crippen LogP) is 2.01. The van der Waals surface area contributed by atoms with Crippen molar-refractivity contribution in [3.05, 3.63) is 0 Å². The number of rotatable bonds is 5. The quantitative estimate of drug-likeness (QED) is 0.751. The van der Waals surface area contributed by atoms with Crippen molar-refractivity contribution in [1.29, 1.82) is 5.26 Å². The lowest BCUT2D eigenvalue weighted by Crippen LogP contribution is -2.45. The molecule has 18 heavy (non-hydrogen) atoms. The van der Waals surface area contributed by atoms with Crippen LogP contribution < -0.4 is 0 Å². The first-order valence-electron chi connectivity index (χ1n) is 6.93. The van der Waals surface area contributed by atoms with E-state index in [0.717, 1.165) is 6.54 Å². The second-order valence-corrected chi connectivity index (χ2v) is 5.34. The average Bonchev–Trinajstić information content (AvgIpc) is 2.35. The molecule has 0 N–H and O–H groups in total. The monoisotopic (exact) mass is 251 g/mol. The predicted molar refractivity (Wildman–Crippen MR) is 72.0 cm³/mol. The lowest BCUT2D eigenvalue weighted by molar-refractivity contribution is -0.130. The summed E-state index contributed by atoms with van der Waals surface area (Å²) < 4.78 is 0. The number of amides is 1. The molecule has 0 aromatic carbocycles. The van der Waals surface area contributed by atoms with Crippen LogP contribution in [0.5, 0.6) is 0 Å². The summed E-state index contributed by atoms with van der Waals surface area (Å²) >= 11 is 0. The molecule has 1 amide bonds. The Hall–Kier alpha value is -1.08. The van der Waals surface area contributed by atoms with E-state index < -0.39 is 0 Å². The molecule has 1 fully saturated rings. The van der Waals surface area contributed by atoms with Gasteiger partial charge in [0.05, 0.1) is 12.5 Å². The maximum absolute atomic E-state index is 11.9. The molecule has 0 bridgehead atoms. The summed E-state index contributed by atoms with van der Waals surface area (Å²) in [7, 11) is 1.78. The zero-order valence-corrected chi connectivity index (χ0v) is 11.9. The Kier molecular flexibility index (Phi) is 6.14. The van der Waals surface area contributed by atoms with Crippen molar-refractivity contribution in [2.24, 2.45) is 0 Å². The highest BCUT2D eigenvalue weighted by molar-refractivity contribution is 5.76. The van der Waals surface area contributed by atoms with Gasteiger partial charge in [-0.15, -0.1) is 0 Å². The van der Waals surface area contributed by atoms with Crippen molar-refractivity contribution in [3.8, 4) is 6.07 Å². The Morgan fingerprint density at radius 3 is 2.56 bits per heavy atom. The van der Waals surface area contributed by atoms with E-state index in [1.807, 2.05) is 0 Å². The SMILES string of the molecule is C[C@@H]1CCC[C@H](C)N1CCC(=O)N(C)CCC#N. The summed E-state index contributed by atoms with van der Waals surface area (Å²) in [4.78, 5) is 16.0. The molecule has 0 saturated carbocycles. The summed E-state index contributed by atoms with van der Waals surface area (Å²) in [6.07, 6.45) is 4.76. The lowest BCUT2D eigenvalue weighted by atomic mass is 9.97. The summed E-state index contributed by atoms with van der Waals surface area (Å²) in [6.45, 7) is 5.89. The molecule has 0 aliphatic carbocycles. The summed E-state index contributed by atoms with van der Waals surface area (Å²) in [5, 5.41) is 8.50. The van der Waals surface area contributed by atoms with Crippen molar-refractivity contribution in [3.63, 3.8) is 0 Å². The molecule has 4 heteroatoms. The van der Waals surface area contributed by atoms with Crippen molar-refractivity contribution >= 4 is 5.91 Å². The number of likely N-dealkylation sites (tertiary alicyclic amines) is 1. The number of piperidine rings is 1. The number of carbonyl (C=O) groups is 1. The highest BCUT2D eigenvalue weighted by Gasteiger charge is 2.25. The lowest BCUT2D eigenvalue weighted by Gasteiger charge is -2.39. The Bertz CT molecular complexity index is 301. The third kappa shape index (κ3) is 4.30. The fourth-order valence-corrected chi connectivity index (χ4v) is 2.67. The van der Waals surface area contributed by atoms with Gasteiger partial charge in [-0.3, -0.25) is 9.69 Å². The molecule has 1 aliphatic rings. The van der Waals surface area contributed by atoms with Crippen molar-refractivity contribution in [2.75, 3.05) is 20.1 Å². The van der Waals surface area contributed by atoms with E-state index in [1.54, 1.807) is 11.9 Å². The van der Waals surface area contributed by atoms with Gasteiger partial charge in [0.2, 0.25) is 5.91 Å². The molecule has 0 unspecified atom stereocenters. The van der Waals surface area contributed by atoms with Crippen LogP contribution in [0.15, 0.2) is 0 Å². The van der Waals surface area contributed by atoms with Crippen molar-refractivity contribution < 1.29 is 4.79 Å². The molecule has 0 aromatic heterocycles. The van der Waals surface area contributed by atoms with Crippen molar-refractivity contribution in [2.45, 2.75) is 58.0 Å². The summed E-state index contributed by atoms with van der Waals surface area (Å²) in [6, 6.07) is 3.25. The van der Waals surface area contributed by atoms with E-state index in [2.05, 4.69) is 24.8 Å². The first kappa shape index (κ1) is 15.0. The number of nitriles is 1. The molecule has 0 spiro atoms. The van der Waals surface area contributed by atoms with E-state index in [-0.39, 0.29) is 5.91 Å². The number of hydrogen-bond acceptors (Lipinski definition) is 3. The van der Waals surface area contributed by atoms with Gasteiger partial charge in [-0.2, -0.15) is 5.26 Å². The average molecular weight is 251 g/mol. The second kappa shape index (κ2) is 7.38. The van der Waals surface area contributed by atoms with Crippen LogP contribution in [-0.2, 0) is 4.79 Å². The molecular formula is C14H25N3O. The van der Waals surface area contributed by atoms with Gasteiger partial charge in [-0.25, -0.2) is 0 Å². The minimum absolute atomic E-state index is 0.148. The zero-order chi connectivity index (χ0) is 13.5. The Morgan fingerprint density at radius 2 is 2.00 bits per heavy atom. The summed E-state index contributed by atoms with van der Waals surface area (Å²) in [5.74, 6) is 0.148. The van der Waals surface area contributed by atoms with Crippen molar-refractivity contribution in [1.82, 2.24) is 9.80 Å². The largest absolute Gasteiger partial charge is 0.345 e. The number of carbonyl (C=O) groups excluding carboxylic acids is 1. The highest BCUT2D eigenvalue weighted by atomic mass is 16.2. The fraction of sp³-hybridized carbons (Fsp3) is 0.857. The standard InChI is InChI=1S/C14H25N3O/c1-12-6-4-7-13(2)17(12)11-8-14(18)16(3)10-5-9-15/h12-13H,4-8,10-11H2,1-3H3/t12-,13+. The van der Waals surface area contributed by atoms with Gasteiger partial charge in [0, 0.05) is 38.6 Å². The minimum atomic E-state index is 0.148. The maximum Gasteiger partial charge on any atom is 0.223 e. The van der Waals surface area contributed by atoms with E-state index in [9.17, 15) is 4.79 Å². The van der Waals surface area contributed by atoms with E-state index in [1.165, 1.54) is 19.3 Å². The third-order valence-electron chi connectivity index (χ3n) is 3.94. The van der Waals surface area contributed by atoms with Gasteiger partial charge in [-0.1, -0.05) is 6.42 Å². The third-order valence-corrected chi connectivity index (χ3v) is 3.94. The molecule has 1 rings (SSSR count). The van der Waals surface area contributed by atoms with Crippen LogP contribution in [0, 0.1) is 11.3 Å². The number of nitrogens with zero attached hydrogens (tertiary/aromatic N) is 3. The minimum Gasteiger partial charge on any atom is -0.345 e. The van der Waals surface area contributed by atoms with Crippen LogP contribution >= 0.6 is 0 Å². The molecule has 1 aliphatic heterocycles. The van der Waals surface area contributed by atoms with E-state index >= 15 is 0 Å².